The highest BCUT2D eigenvalue weighted by molar-refractivity contribution is 5.76. The van der Waals surface area contributed by atoms with E-state index in [4.69, 9.17) is 4.74 Å². The third-order valence-electron chi connectivity index (χ3n) is 4.03. The lowest BCUT2D eigenvalue weighted by molar-refractivity contribution is -0.139. The maximum atomic E-state index is 12.7. The molecule has 10 heteroatoms. The Morgan fingerprint density at radius 1 is 1.31 bits per heavy atom. The second-order valence-electron chi connectivity index (χ2n) is 5.88. The number of ether oxygens (including phenoxy) is 1. The highest BCUT2D eigenvalue weighted by Gasteiger charge is 2.34. The van der Waals surface area contributed by atoms with E-state index in [0.29, 0.717) is 32.0 Å². The average Bonchev–Trinajstić information content (AvgIpc) is 2.56. The van der Waals surface area contributed by atoms with Gasteiger partial charge in [0, 0.05) is 25.3 Å². The van der Waals surface area contributed by atoms with Crippen molar-refractivity contribution >= 4 is 12.0 Å². The Hall–Kier alpha value is -2.52. The van der Waals surface area contributed by atoms with Gasteiger partial charge in [0.15, 0.2) is 0 Å². The minimum atomic E-state index is -4.77. The SMILES string of the molecule is CCOC(=O)N1CCC(NC(=O)Cn2cccc(C(F)(F)F)c2=O)CC1. The van der Waals surface area contributed by atoms with Crippen molar-refractivity contribution in [2.24, 2.45) is 0 Å². The second-order valence-corrected chi connectivity index (χ2v) is 5.88. The van der Waals surface area contributed by atoms with E-state index < -0.39 is 35.8 Å². The molecule has 1 saturated heterocycles. The monoisotopic (exact) mass is 375 g/mol. The molecule has 1 aliphatic heterocycles. The number of aromatic nitrogens is 1. The van der Waals surface area contributed by atoms with Crippen LogP contribution in [0.5, 0.6) is 0 Å². The quantitative estimate of drug-likeness (QED) is 0.867. The Balaban J connectivity index is 1.91. The van der Waals surface area contributed by atoms with Crippen molar-refractivity contribution in [1.29, 1.82) is 0 Å². The second kappa shape index (κ2) is 8.24. The number of pyridine rings is 1. The molecule has 1 fully saturated rings. The summed E-state index contributed by atoms with van der Waals surface area (Å²) in [7, 11) is 0. The summed E-state index contributed by atoms with van der Waals surface area (Å²) in [6.07, 6.45) is -3.03. The third-order valence-corrected chi connectivity index (χ3v) is 4.03. The molecule has 7 nitrogen and oxygen atoms in total. The minimum absolute atomic E-state index is 0.213. The van der Waals surface area contributed by atoms with Crippen LogP contribution in [0.2, 0.25) is 0 Å². The first-order valence-electron chi connectivity index (χ1n) is 8.20. The number of hydrogen-bond acceptors (Lipinski definition) is 4. The summed E-state index contributed by atoms with van der Waals surface area (Å²) in [4.78, 5) is 37.0. The predicted molar refractivity (Wildman–Crippen MR) is 85.5 cm³/mol. The van der Waals surface area contributed by atoms with Crippen molar-refractivity contribution < 1.29 is 27.5 Å². The highest BCUT2D eigenvalue weighted by atomic mass is 19.4. The van der Waals surface area contributed by atoms with Crippen LogP contribution in [0.3, 0.4) is 0 Å². The van der Waals surface area contributed by atoms with Crippen LogP contribution in [0.25, 0.3) is 0 Å². The van der Waals surface area contributed by atoms with Crippen LogP contribution < -0.4 is 10.9 Å². The number of hydrogen-bond donors (Lipinski definition) is 1. The molecule has 26 heavy (non-hydrogen) atoms. The van der Waals surface area contributed by atoms with Gasteiger partial charge in [0.1, 0.15) is 12.1 Å². The number of carbonyl (C=O) groups excluding carboxylic acids is 2. The largest absolute Gasteiger partial charge is 0.450 e. The standard InChI is InChI=1S/C16H20F3N3O4/c1-2-26-15(25)21-8-5-11(6-9-21)20-13(23)10-22-7-3-4-12(14(22)24)16(17,18)19/h3-4,7,11H,2,5-6,8-10H2,1H3,(H,20,23). The van der Waals surface area contributed by atoms with Gasteiger partial charge in [0.2, 0.25) is 5.91 Å². The zero-order valence-corrected chi connectivity index (χ0v) is 14.2. The Bertz CT molecular complexity index is 709. The molecule has 1 N–H and O–H groups in total. The summed E-state index contributed by atoms with van der Waals surface area (Å²) >= 11 is 0. The summed E-state index contributed by atoms with van der Waals surface area (Å²) < 4.78 is 43.8. The van der Waals surface area contributed by atoms with Gasteiger partial charge in [-0.2, -0.15) is 13.2 Å². The van der Waals surface area contributed by atoms with Crippen LogP contribution in [0.4, 0.5) is 18.0 Å². The molecule has 2 heterocycles. The molecule has 2 rings (SSSR count). The van der Waals surface area contributed by atoms with Gasteiger partial charge < -0.3 is 19.5 Å². The minimum Gasteiger partial charge on any atom is -0.450 e. The van der Waals surface area contributed by atoms with Crippen molar-refractivity contribution in [3.05, 3.63) is 34.2 Å². The van der Waals surface area contributed by atoms with Crippen LogP contribution in [0, 0.1) is 0 Å². The number of nitrogens with zero attached hydrogens (tertiary/aromatic N) is 2. The van der Waals surface area contributed by atoms with Gasteiger partial charge in [-0.3, -0.25) is 9.59 Å². The van der Waals surface area contributed by atoms with Gasteiger partial charge in [-0.1, -0.05) is 0 Å². The van der Waals surface area contributed by atoms with E-state index in [9.17, 15) is 27.6 Å². The smallest absolute Gasteiger partial charge is 0.421 e. The molecule has 1 aromatic heterocycles. The van der Waals surface area contributed by atoms with Crippen molar-refractivity contribution in [1.82, 2.24) is 14.8 Å². The highest BCUT2D eigenvalue weighted by Crippen LogP contribution is 2.25. The normalized spacial score (nSPS) is 15.6. The first-order chi connectivity index (χ1) is 12.2. The number of piperidine rings is 1. The van der Waals surface area contributed by atoms with E-state index in [1.54, 1.807) is 6.92 Å². The van der Waals surface area contributed by atoms with E-state index in [1.165, 1.54) is 4.90 Å². The van der Waals surface area contributed by atoms with E-state index in [1.807, 2.05) is 0 Å². The molecule has 2 amide bonds. The Morgan fingerprint density at radius 3 is 2.54 bits per heavy atom. The molecule has 0 saturated carbocycles. The van der Waals surface area contributed by atoms with Gasteiger partial charge in [-0.25, -0.2) is 4.79 Å². The van der Waals surface area contributed by atoms with Gasteiger partial charge in [0.05, 0.1) is 6.61 Å². The lowest BCUT2D eigenvalue weighted by Gasteiger charge is -2.31. The fourth-order valence-corrected chi connectivity index (χ4v) is 2.73. The third kappa shape index (κ3) is 4.99. The van der Waals surface area contributed by atoms with Crippen molar-refractivity contribution in [2.75, 3.05) is 19.7 Å². The summed E-state index contributed by atoms with van der Waals surface area (Å²) in [6, 6.07) is 1.55. The number of nitrogens with one attached hydrogen (secondary N) is 1. The summed E-state index contributed by atoms with van der Waals surface area (Å²) in [5.74, 6) is -0.555. The molecular weight excluding hydrogens is 355 g/mol. The number of amides is 2. The van der Waals surface area contributed by atoms with Crippen molar-refractivity contribution in [2.45, 2.75) is 38.5 Å². The van der Waals surface area contributed by atoms with Crippen molar-refractivity contribution in [3.8, 4) is 0 Å². The zero-order valence-electron chi connectivity index (χ0n) is 14.2. The molecule has 0 unspecified atom stereocenters. The fourth-order valence-electron chi connectivity index (χ4n) is 2.73. The average molecular weight is 375 g/mol. The molecule has 0 aromatic carbocycles. The van der Waals surface area contributed by atoms with Crippen molar-refractivity contribution in [3.63, 3.8) is 0 Å². The first kappa shape index (κ1) is 19.8. The number of carbonyl (C=O) groups is 2. The zero-order chi connectivity index (χ0) is 19.3. The lowest BCUT2D eigenvalue weighted by Crippen LogP contribution is -2.47. The van der Waals surface area contributed by atoms with Crippen LogP contribution in [-0.2, 0) is 22.3 Å². The molecule has 0 bridgehead atoms. The van der Waals surface area contributed by atoms with E-state index in [0.717, 1.165) is 16.8 Å². The fraction of sp³-hybridized carbons (Fsp3) is 0.562. The molecule has 144 valence electrons. The number of rotatable bonds is 4. The van der Waals surface area contributed by atoms with Crippen LogP contribution in [0.1, 0.15) is 25.3 Å². The summed E-state index contributed by atoms with van der Waals surface area (Å²) in [5.41, 5.74) is -2.57. The van der Waals surface area contributed by atoms with E-state index in [2.05, 4.69) is 5.32 Å². The molecule has 0 radical (unpaired) electrons. The molecule has 0 atom stereocenters. The molecule has 1 aliphatic rings. The number of halogens is 3. The summed E-state index contributed by atoms with van der Waals surface area (Å²) in [6.45, 7) is 2.31. The van der Waals surface area contributed by atoms with E-state index in [-0.39, 0.29) is 12.6 Å². The maximum Gasteiger partial charge on any atom is 0.421 e. The van der Waals surface area contributed by atoms with Crippen LogP contribution in [-0.4, -0.2) is 47.2 Å². The van der Waals surface area contributed by atoms with Crippen LogP contribution >= 0.6 is 0 Å². The number of alkyl halides is 3. The van der Waals surface area contributed by atoms with Gasteiger partial charge in [-0.05, 0) is 31.9 Å². The Morgan fingerprint density at radius 2 is 1.96 bits per heavy atom. The molecular formula is C16H20F3N3O4. The van der Waals surface area contributed by atoms with Gasteiger partial charge in [-0.15, -0.1) is 0 Å². The lowest BCUT2D eigenvalue weighted by atomic mass is 10.1. The maximum absolute atomic E-state index is 12.7. The topological polar surface area (TPSA) is 80.6 Å². The first-order valence-corrected chi connectivity index (χ1v) is 8.20. The van der Waals surface area contributed by atoms with Crippen LogP contribution in [0.15, 0.2) is 23.1 Å². The summed E-state index contributed by atoms with van der Waals surface area (Å²) in [5, 5.41) is 2.69. The number of likely N-dealkylation sites (tertiary alicyclic amines) is 1. The van der Waals surface area contributed by atoms with Gasteiger partial charge in [0.25, 0.3) is 5.56 Å². The Kier molecular flexibility index (Phi) is 6.27. The Labute approximate surface area is 147 Å². The molecule has 1 aromatic rings. The van der Waals surface area contributed by atoms with Gasteiger partial charge >= 0.3 is 12.3 Å². The predicted octanol–water partition coefficient (Wildman–Crippen LogP) is 1.60. The molecule has 0 aliphatic carbocycles. The van der Waals surface area contributed by atoms with E-state index >= 15 is 0 Å². The molecule has 0 spiro atoms.